The summed E-state index contributed by atoms with van der Waals surface area (Å²) in [7, 11) is 0. The van der Waals surface area contributed by atoms with Crippen molar-refractivity contribution in [1.82, 2.24) is 25.6 Å². The number of carbonyl (C=O) groups is 2. The molecule has 1 unspecified atom stereocenters. The van der Waals surface area contributed by atoms with Gasteiger partial charge in [0, 0.05) is 35.1 Å². The molecule has 0 radical (unpaired) electrons. The predicted molar refractivity (Wildman–Crippen MR) is 147 cm³/mol. The zero-order chi connectivity index (χ0) is 25.9. The molecule has 9 heteroatoms. The molecule has 1 atom stereocenters. The van der Waals surface area contributed by atoms with Gasteiger partial charge < -0.3 is 15.5 Å². The van der Waals surface area contributed by atoms with Crippen molar-refractivity contribution in [1.29, 1.82) is 0 Å². The first-order valence-corrected chi connectivity index (χ1v) is 13.4. The van der Waals surface area contributed by atoms with Crippen molar-refractivity contribution in [3.8, 4) is 11.4 Å². The normalized spacial score (nSPS) is 15.5. The fraction of sp³-hybridized carbons (Fsp3) is 0.250. The zero-order valence-corrected chi connectivity index (χ0v) is 21.8. The van der Waals surface area contributed by atoms with Crippen LogP contribution in [0, 0.1) is 6.92 Å². The average molecular weight is 513 g/mol. The van der Waals surface area contributed by atoms with E-state index < -0.39 is 0 Å². The molecule has 1 aliphatic heterocycles. The molecule has 2 amide bonds. The van der Waals surface area contributed by atoms with Crippen molar-refractivity contribution in [3.05, 3.63) is 77.6 Å². The second-order valence-corrected chi connectivity index (χ2v) is 9.82. The maximum Gasteiger partial charge on any atom is 0.251 e. The zero-order valence-electron chi connectivity index (χ0n) is 21.0. The largest absolute Gasteiger partial charge is 0.353 e. The summed E-state index contributed by atoms with van der Waals surface area (Å²) in [5, 5.41) is 6.74. The van der Waals surface area contributed by atoms with Crippen LogP contribution in [0.15, 0.2) is 65.7 Å². The molecule has 37 heavy (non-hydrogen) atoms. The summed E-state index contributed by atoms with van der Waals surface area (Å²) in [6.07, 6.45) is 3.77. The van der Waals surface area contributed by atoms with E-state index in [4.69, 9.17) is 9.97 Å². The standard InChI is InChI=1S/C28H28N6O2S/c1-17-7-8-19(13-25(17)37-3)28(36)31-16-21-14-24-20(15-30-21)9-10-23(32-24)22-5-4-6-26(33-22)34-12-11-29-27(35)18(34)2/h4-10,13-15,18H,11-12,16H2,1-3H3,(H,29,35)(H,31,36). The van der Waals surface area contributed by atoms with E-state index in [1.54, 1.807) is 18.0 Å². The van der Waals surface area contributed by atoms with Gasteiger partial charge >= 0.3 is 0 Å². The van der Waals surface area contributed by atoms with Crippen LogP contribution in [0.1, 0.15) is 28.5 Å². The van der Waals surface area contributed by atoms with Gasteiger partial charge in [0.1, 0.15) is 11.9 Å². The van der Waals surface area contributed by atoms with Crippen molar-refractivity contribution in [2.45, 2.75) is 31.3 Å². The van der Waals surface area contributed by atoms with Crippen LogP contribution >= 0.6 is 11.8 Å². The van der Waals surface area contributed by atoms with Gasteiger partial charge in [0.15, 0.2) is 0 Å². The van der Waals surface area contributed by atoms with E-state index in [0.717, 1.165) is 44.3 Å². The molecule has 0 aliphatic carbocycles. The lowest BCUT2D eigenvalue weighted by atomic mass is 10.1. The number of hydrogen-bond acceptors (Lipinski definition) is 7. The molecule has 8 nitrogen and oxygen atoms in total. The molecule has 0 spiro atoms. The lowest BCUT2D eigenvalue weighted by molar-refractivity contribution is -0.122. The number of amides is 2. The number of aryl methyl sites for hydroxylation is 1. The van der Waals surface area contributed by atoms with Crippen LogP contribution in [-0.4, -0.2) is 52.2 Å². The summed E-state index contributed by atoms with van der Waals surface area (Å²) in [5.74, 6) is 0.614. The van der Waals surface area contributed by atoms with Crippen molar-refractivity contribution in [2.24, 2.45) is 0 Å². The van der Waals surface area contributed by atoms with Gasteiger partial charge in [0.25, 0.3) is 5.91 Å². The fourth-order valence-electron chi connectivity index (χ4n) is 4.35. The van der Waals surface area contributed by atoms with Gasteiger partial charge in [0.05, 0.1) is 29.1 Å². The molecular formula is C28H28N6O2S. The number of anilines is 1. The molecule has 0 saturated carbocycles. The molecule has 4 heterocycles. The lowest BCUT2D eigenvalue weighted by Crippen LogP contribution is -2.54. The van der Waals surface area contributed by atoms with Gasteiger partial charge in [-0.05, 0) is 68.1 Å². The van der Waals surface area contributed by atoms with E-state index in [1.165, 1.54) is 0 Å². The van der Waals surface area contributed by atoms with E-state index in [1.807, 2.05) is 79.6 Å². The number of aromatic nitrogens is 3. The van der Waals surface area contributed by atoms with E-state index >= 15 is 0 Å². The predicted octanol–water partition coefficient (Wildman–Crippen LogP) is 3.98. The molecule has 1 aliphatic rings. The fourth-order valence-corrected chi connectivity index (χ4v) is 4.99. The summed E-state index contributed by atoms with van der Waals surface area (Å²) in [5.41, 5.74) is 4.73. The van der Waals surface area contributed by atoms with Crippen molar-refractivity contribution in [2.75, 3.05) is 24.2 Å². The van der Waals surface area contributed by atoms with Crippen molar-refractivity contribution >= 4 is 40.3 Å². The Morgan fingerprint density at radius 2 is 1.97 bits per heavy atom. The number of benzene rings is 1. The number of nitrogens with one attached hydrogen (secondary N) is 2. The molecule has 1 saturated heterocycles. The summed E-state index contributed by atoms with van der Waals surface area (Å²) in [6.45, 7) is 5.51. The number of carbonyl (C=O) groups excluding carboxylic acids is 2. The molecule has 1 fully saturated rings. The van der Waals surface area contributed by atoms with Crippen LogP contribution in [0.2, 0.25) is 0 Å². The topological polar surface area (TPSA) is 100 Å². The summed E-state index contributed by atoms with van der Waals surface area (Å²) < 4.78 is 0. The summed E-state index contributed by atoms with van der Waals surface area (Å²) in [4.78, 5) is 42.0. The third kappa shape index (κ3) is 5.27. The number of piperazine rings is 1. The quantitative estimate of drug-likeness (QED) is 0.377. The van der Waals surface area contributed by atoms with Gasteiger partial charge in [-0.25, -0.2) is 9.97 Å². The maximum atomic E-state index is 12.7. The van der Waals surface area contributed by atoms with Crippen molar-refractivity contribution in [3.63, 3.8) is 0 Å². The Labute approximate surface area is 219 Å². The first kappa shape index (κ1) is 24.7. The Bertz CT molecular complexity index is 1490. The van der Waals surface area contributed by atoms with E-state index in [9.17, 15) is 9.59 Å². The minimum atomic E-state index is -0.280. The van der Waals surface area contributed by atoms with Crippen LogP contribution in [0.5, 0.6) is 0 Å². The first-order chi connectivity index (χ1) is 17.9. The minimum absolute atomic E-state index is 0.00137. The number of thioether (sulfide) groups is 1. The summed E-state index contributed by atoms with van der Waals surface area (Å²) >= 11 is 1.63. The van der Waals surface area contributed by atoms with Gasteiger partial charge in [-0.2, -0.15) is 0 Å². The molecule has 3 aromatic heterocycles. The van der Waals surface area contributed by atoms with E-state index in [2.05, 4.69) is 15.6 Å². The Hall–Kier alpha value is -3.98. The average Bonchev–Trinajstić information content (AvgIpc) is 2.93. The number of pyridine rings is 3. The van der Waals surface area contributed by atoms with Gasteiger partial charge in [-0.3, -0.25) is 14.6 Å². The second-order valence-electron chi connectivity index (χ2n) is 8.97. The smallest absolute Gasteiger partial charge is 0.251 e. The van der Waals surface area contributed by atoms with Gasteiger partial charge in [-0.1, -0.05) is 12.1 Å². The third-order valence-corrected chi connectivity index (χ3v) is 7.40. The maximum absolute atomic E-state index is 12.7. The number of nitrogens with zero attached hydrogens (tertiary/aromatic N) is 4. The summed E-state index contributed by atoms with van der Waals surface area (Å²) in [6, 6.07) is 17.0. The van der Waals surface area contributed by atoms with E-state index in [0.29, 0.717) is 25.2 Å². The van der Waals surface area contributed by atoms with Crippen LogP contribution in [0.3, 0.4) is 0 Å². The van der Waals surface area contributed by atoms with Crippen LogP contribution in [-0.2, 0) is 11.3 Å². The molecule has 5 rings (SSSR count). The molecular weight excluding hydrogens is 484 g/mol. The van der Waals surface area contributed by atoms with Gasteiger partial charge in [0.2, 0.25) is 5.91 Å². The van der Waals surface area contributed by atoms with E-state index in [-0.39, 0.29) is 17.9 Å². The highest BCUT2D eigenvalue weighted by Gasteiger charge is 2.26. The van der Waals surface area contributed by atoms with Gasteiger partial charge in [-0.15, -0.1) is 11.8 Å². The molecule has 1 aromatic carbocycles. The van der Waals surface area contributed by atoms with Crippen LogP contribution < -0.4 is 15.5 Å². The highest BCUT2D eigenvalue weighted by molar-refractivity contribution is 7.98. The molecule has 4 aromatic rings. The van der Waals surface area contributed by atoms with Crippen molar-refractivity contribution < 1.29 is 9.59 Å². The number of fused-ring (bicyclic) bond motifs is 1. The number of rotatable bonds is 6. The monoisotopic (exact) mass is 512 g/mol. The van der Waals surface area contributed by atoms with Crippen LogP contribution in [0.4, 0.5) is 5.82 Å². The number of hydrogen-bond donors (Lipinski definition) is 2. The van der Waals surface area contributed by atoms with Crippen LogP contribution in [0.25, 0.3) is 22.3 Å². The Morgan fingerprint density at radius 1 is 1.14 bits per heavy atom. The minimum Gasteiger partial charge on any atom is -0.353 e. The molecule has 0 bridgehead atoms. The lowest BCUT2D eigenvalue weighted by Gasteiger charge is -2.33. The Kier molecular flexibility index (Phi) is 7.05. The third-order valence-electron chi connectivity index (χ3n) is 6.52. The SMILES string of the molecule is CSc1cc(C(=O)NCc2cc3nc(-c4cccc(N5CCNC(=O)C5C)n4)ccc3cn2)ccc1C. The molecule has 188 valence electrons. The first-order valence-electron chi connectivity index (χ1n) is 12.1. The highest BCUT2D eigenvalue weighted by Crippen LogP contribution is 2.24. The highest BCUT2D eigenvalue weighted by atomic mass is 32.2. The second kappa shape index (κ2) is 10.6. The Morgan fingerprint density at radius 3 is 2.81 bits per heavy atom. The Balaban J connectivity index is 1.35. The molecule has 2 N–H and O–H groups in total.